The molecule has 0 bridgehead atoms. The van der Waals surface area contributed by atoms with Crippen molar-refractivity contribution in [1.82, 2.24) is 5.32 Å². The van der Waals surface area contributed by atoms with Crippen molar-refractivity contribution < 1.29 is 0 Å². The van der Waals surface area contributed by atoms with Crippen LogP contribution in [0.25, 0.3) is 0 Å². The van der Waals surface area contributed by atoms with Gasteiger partial charge in [-0.25, -0.2) is 0 Å². The van der Waals surface area contributed by atoms with Gasteiger partial charge in [0.15, 0.2) is 5.11 Å². The maximum Gasteiger partial charge on any atom is 0.170 e. The summed E-state index contributed by atoms with van der Waals surface area (Å²) in [5.41, 5.74) is 2.31. The van der Waals surface area contributed by atoms with Crippen LogP contribution < -0.4 is 10.6 Å². The molecule has 0 aliphatic carbocycles. The van der Waals surface area contributed by atoms with Crippen LogP contribution in [-0.4, -0.2) is 11.7 Å². The first-order valence-corrected chi connectivity index (χ1v) is 7.74. The van der Waals surface area contributed by atoms with Crippen LogP contribution in [0.3, 0.4) is 0 Å². The van der Waals surface area contributed by atoms with Crippen molar-refractivity contribution in [2.24, 2.45) is 0 Å². The largest absolute Gasteiger partial charge is 0.362 e. The molecule has 0 unspecified atom stereocenters. The lowest BCUT2D eigenvalue weighted by atomic mass is 10.1. The number of hydrogen-bond acceptors (Lipinski definition) is 1. The molecule has 0 atom stereocenters. The fraction of sp³-hybridized carbons (Fsp3) is 0.562. The summed E-state index contributed by atoms with van der Waals surface area (Å²) < 4.78 is 0. The van der Waals surface area contributed by atoms with E-state index < -0.39 is 0 Å². The van der Waals surface area contributed by atoms with Gasteiger partial charge in [-0.3, -0.25) is 0 Å². The van der Waals surface area contributed by atoms with Crippen LogP contribution in [0.1, 0.15) is 51.0 Å². The van der Waals surface area contributed by atoms with Crippen molar-refractivity contribution in [2.75, 3.05) is 11.9 Å². The van der Waals surface area contributed by atoms with E-state index in [2.05, 4.69) is 36.6 Å². The molecule has 0 saturated heterocycles. The summed E-state index contributed by atoms with van der Waals surface area (Å²) in [5, 5.41) is 7.18. The Kier molecular flexibility index (Phi) is 8.23. The maximum absolute atomic E-state index is 5.27. The summed E-state index contributed by atoms with van der Waals surface area (Å²) in [4.78, 5) is 0. The van der Waals surface area contributed by atoms with E-state index in [0.29, 0.717) is 0 Å². The second-order valence-corrected chi connectivity index (χ2v) is 5.42. The summed E-state index contributed by atoms with van der Waals surface area (Å²) >= 11 is 5.27. The molecule has 2 N–H and O–H groups in total. The van der Waals surface area contributed by atoms with Crippen LogP contribution in [0.15, 0.2) is 24.3 Å². The SMILES string of the molecule is CCCCCCCCNC(=S)Nc1ccc(C)cc1. The Balaban J connectivity index is 2.06. The van der Waals surface area contributed by atoms with Gasteiger partial charge < -0.3 is 10.6 Å². The highest BCUT2D eigenvalue weighted by atomic mass is 32.1. The Labute approximate surface area is 123 Å². The first kappa shape index (κ1) is 16.0. The number of hydrogen-bond donors (Lipinski definition) is 2. The molecule has 106 valence electrons. The molecule has 19 heavy (non-hydrogen) atoms. The molecule has 1 aromatic carbocycles. The molecular weight excluding hydrogens is 252 g/mol. The number of unbranched alkanes of at least 4 members (excludes halogenated alkanes) is 5. The van der Waals surface area contributed by atoms with E-state index in [1.807, 2.05) is 12.1 Å². The second kappa shape index (κ2) is 9.79. The molecule has 0 spiro atoms. The summed E-state index contributed by atoms with van der Waals surface area (Å²) in [5.74, 6) is 0. The summed E-state index contributed by atoms with van der Waals surface area (Å²) in [7, 11) is 0. The monoisotopic (exact) mass is 278 g/mol. The number of anilines is 1. The van der Waals surface area contributed by atoms with E-state index in [1.165, 1.54) is 44.1 Å². The van der Waals surface area contributed by atoms with E-state index in [4.69, 9.17) is 12.2 Å². The van der Waals surface area contributed by atoms with Gasteiger partial charge in [-0.15, -0.1) is 0 Å². The van der Waals surface area contributed by atoms with Crippen LogP contribution in [0.2, 0.25) is 0 Å². The topological polar surface area (TPSA) is 24.1 Å². The zero-order chi connectivity index (χ0) is 13.9. The van der Waals surface area contributed by atoms with Gasteiger partial charge in [0.05, 0.1) is 0 Å². The van der Waals surface area contributed by atoms with Gasteiger partial charge in [0.1, 0.15) is 0 Å². The van der Waals surface area contributed by atoms with Crippen molar-refractivity contribution in [3.05, 3.63) is 29.8 Å². The van der Waals surface area contributed by atoms with Crippen molar-refractivity contribution in [2.45, 2.75) is 52.4 Å². The molecule has 0 radical (unpaired) electrons. The molecular formula is C16H26N2S. The van der Waals surface area contributed by atoms with E-state index in [9.17, 15) is 0 Å². The molecule has 1 aromatic rings. The van der Waals surface area contributed by atoms with Crippen molar-refractivity contribution >= 4 is 23.0 Å². The lowest BCUT2D eigenvalue weighted by Crippen LogP contribution is -2.29. The highest BCUT2D eigenvalue weighted by Gasteiger charge is 1.97. The fourth-order valence-corrected chi connectivity index (χ4v) is 2.14. The number of rotatable bonds is 8. The van der Waals surface area contributed by atoms with E-state index >= 15 is 0 Å². The average Bonchev–Trinajstić information content (AvgIpc) is 2.40. The summed E-state index contributed by atoms with van der Waals surface area (Å²) in [6, 6.07) is 8.26. The molecule has 3 heteroatoms. The first-order chi connectivity index (χ1) is 9.22. The molecule has 0 aliphatic heterocycles. The van der Waals surface area contributed by atoms with Crippen molar-refractivity contribution in [3.63, 3.8) is 0 Å². The lowest BCUT2D eigenvalue weighted by molar-refractivity contribution is 0.603. The predicted molar refractivity (Wildman–Crippen MR) is 88.8 cm³/mol. The Morgan fingerprint density at radius 1 is 1.00 bits per heavy atom. The van der Waals surface area contributed by atoms with Crippen LogP contribution in [-0.2, 0) is 0 Å². The Bertz CT molecular complexity index is 360. The lowest BCUT2D eigenvalue weighted by Gasteiger charge is -2.10. The highest BCUT2D eigenvalue weighted by Crippen LogP contribution is 2.08. The fourth-order valence-electron chi connectivity index (χ4n) is 1.92. The van der Waals surface area contributed by atoms with Gasteiger partial charge in [0.2, 0.25) is 0 Å². The molecule has 0 amide bonds. The standard InChI is InChI=1S/C16H26N2S/c1-3-4-5-6-7-8-13-17-16(19)18-15-11-9-14(2)10-12-15/h9-12H,3-8,13H2,1-2H3,(H2,17,18,19). The molecule has 0 fully saturated rings. The zero-order valence-electron chi connectivity index (χ0n) is 12.2. The van der Waals surface area contributed by atoms with Gasteiger partial charge in [-0.1, -0.05) is 56.7 Å². The minimum Gasteiger partial charge on any atom is -0.362 e. The minimum absolute atomic E-state index is 0.720. The molecule has 1 rings (SSSR count). The van der Waals surface area contributed by atoms with Crippen molar-refractivity contribution in [1.29, 1.82) is 0 Å². The third-order valence-corrected chi connectivity index (χ3v) is 3.37. The second-order valence-electron chi connectivity index (χ2n) is 5.01. The predicted octanol–water partition coefficient (Wildman–Crippen LogP) is 4.64. The number of aryl methyl sites for hydroxylation is 1. The average molecular weight is 278 g/mol. The Morgan fingerprint density at radius 2 is 1.63 bits per heavy atom. The van der Waals surface area contributed by atoms with Gasteiger partial charge in [-0.05, 0) is 37.7 Å². The number of nitrogens with one attached hydrogen (secondary N) is 2. The third-order valence-electron chi connectivity index (χ3n) is 3.13. The van der Waals surface area contributed by atoms with Crippen molar-refractivity contribution in [3.8, 4) is 0 Å². The molecule has 0 aromatic heterocycles. The van der Waals surface area contributed by atoms with Crippen LogP contribution in [0, 0.1) is 6.92 Å². The van der Waals surface area contributed by atoms with Crippen LogP contribution >= 0.6 is 12.2 Å². The highest BCUT2D eigenvalue weighted by molar-refractivity contribution is 7.80. The van der Waals surface area contributed by atoms with Crippen LogP contribution in [0.4, 0.5) is 5.69 Å². The summed E-state index contributed by atoms with van der Waals surface area (Å²) in [6.45, 7) is 5.29. The smallest absolute Gasteiger partial charge is 0.170 e. The molecule has 2 nitrogen and oxygen atoms in total. The number of thiocarbonyl (C=S) groups is 1. The van der Waals surface area contributed by atoms with Gasteiger partial charge >= 0.3 is 0 Å². The first-order valence-electron chi connectivity index (χ1n) is 7.34. The molecule has 0 saturated carbocycles. The minimum atomic E-state index is 0.720. The Morgan fingerprint density at radius 3 is 2.32 bits per heavy atom. The van der Waals surface area contributed by atoms with Crippen LogP contribution in [0.5, 0.6) is 0 Å². The Hall–Kier alpha value is -1.09. The zero-order valence-corrected chi connectivity index (χ0v) is 13.0. The molecule has 0 heterocycles. The van der Waals surface area contributed by atoms with Gasteiger partial charge in [0, 0.05) is 12.2 Å². The maximum atomic E-state index is 5.27. The van der Waals surface area contributed by atoms with Gasteiger partial charge in [-0.2, -0.15) is 0 Å². The quantitative estimate of drug-likeness (QED) is 0.535. The number of benzene rings is 1. The molecule has 0 aliphatic rings. The van der Waals surface area contributed by atoms with E-state index in [1.54, 1.807) is 0 Å². The third kappa shape index (κ3) is 7.83. The van der Waals surface area contributed by atoms with Gasteiger partial charge in [0.25, 0.3) is 0 Å². The van der Waals surface area contributed by atoms with E-state index in [-0.39, 0.29) is 0 Å². The summed E-state index contributed by atoms with van der Waals surface area (Å²) in [6.07, 6.45) is 7.86. The normalized spacial score (nSPS) is 10.2. The van der Waals surface area contributed by atoms with E-state index in [0.717, 1.165) is 17.3 Å².